The molecule has 0 atom stereocenters. The predicted molar refractivity (Wildman–Crippen MR) is 96.9 cm³/mol. The molecule has 3 rings (SSSR count). The fourth-order valence-electron chi connectivity index (χ4n) is 3.08. The lowest BCUT2D eigenvalue weighted by molar-refractivity contribution is 0.0698. The van der Waals surface area contributed by atoms with E-state index in [1.54, 1.807) is 23.4 Å². The smallest absolute Gasteiger partial charge is 0.254 e. The van der Waals surface area contributed by atoms with Crippen LogP contribution in [0.5, 0.6) is 0 Å². The van der Waals surface area contributed by atoms with E-state index in [0.29, 0.717) is 38.2 Å². The zero-order valence-electron chi connectivity index (χ0n) is 14.7. The fraction of sp³-hybridized carbons (Fsp3) is 0.529. The maximum Gasteiger partial charge on any atom is 0.254 e. The first-order valence-corrected chi connectivity index (χ1v) is 10.2. The lowest BCUT2D eigenvalue weighted by atomic mass is 10.1. The first kappa shape index (κ1) is 17.9. The molecule has 1 aromatic carbocycles. The van der Waals surface area contributed by atoms with Crippen LogP contribution in [0.4, 0.5) is 0 Å². The number of benzene rings is 1. The predicted octanol–water partition coefficient (Wildman–Crippen LogP) is 1.46. The molecule has 0 N–H and O–H groups in total. The van der Waals surface area contributed by atoms with Crippen molar-refractivity contribution in [2.24, 2.45) is 7.05 Å². The Balaban J connectivity index is 1.66. The topological polar surface area (TPSA) is 75.5 Å². The number of amides is 1. The summed E-state index contributed by atoms with van der Waals surface area (Å²) in [4.78, 5) is 18.7. The molecule has 2 aromatic rings. The highest BCUT2D eigenvalue weighted by Crippen LogP contribution is 2.17. The number of carbonyl (C=O) groups excluding carboxylic acids is 1. The zero-order chi connectivity index (χ0) is 18.0. The van der Waals surface area contributed by atoms with E-state index in [-0.39, 0.29) is 11.7 Å². The third-order valence-corrected chi connectivity index (χ3v) is 6.60. The number of nitrogens with zero attached hydrogens (tertiary/aromatic N) is 4. The second-order valence-corrected chi connectivity index (χ2v) is 8.51. The summed E-state index contributed by atoms with van der Waals surface area (Å²) in [5.74, 6) is 0.117. The lowest BCUT2D eigenvalue weighted by Crippen LogP contribution is -2.51. The number of sulfonamides is 1. The van der Waals surface area contributed by atoms with Gasteiger partial charge in [0.2, 0.25) is 10.0 Å². The normalized spacial score (nSPS) is 16.5. The molecule has 8 heteroatoms. The summed E-state index contributed by atoms with van der Waals surface area (Å²) in [6.45, 7) is 3.55. The van der Waals surface area contributed by atoms with Crippen LogP contribution >= 0.6 is 0 Å². The number of imidazole rings is 1. The van der Waals surface area contributed by atoms with Crippen LogP contribution in [0.1, 0.15) is 30.1 Å². The van der Waals surface area contributed by atoms with Gasteiger partial charge in [-0.2, -0.15) is 4.31 Å². The summed E-state index contributed by atoms with van der Waals surface area (Å²) in [5.41, 5.74) is 2.35. The van der Waals surface area contributed by atoms with Gasteiger partial charge in [-0.1, -0.05) is 13.3 Å². The number of aromatic nitrogens is 2. The number of unbranched alkanes of at least 4 members (excludes halogenated alkanes) is 1. The van der Waals surface area contributed by atoms with Gasteiger partial charge < -0.3 is 9.47 Å². The highest BCUT2D eigenvalue weighted by atomic mass is 32.2. The fourth-order valence-corrected chi connectivity index (χ4v) is 4.71. The van der Waals surface area contributed by atoms with Gasteiger partial charge in [-0.15, -0.1) is 0 Å². The average molecular weight is 364 g/mol. The third kappa shape index (κ3) is 3.69. The molecule has 1 aliphatic heterocycles. The number of carbonyl (C=O) groups is 1. The van der Waals surface area contributed by atoms with Gasteiger partial charge in [-0.3, -0.25) is 4.79 Å². The number of fused-ring (bicyclic) bond motifs is 1. The minimum atomic E-state index is -3.20. The molecule has 2 heterocycles. The molecular weight excluding hydrogens is 340 g/mol. The Kier molecular flexibility index (Phi) is 5.10. The van der Waals surface area contributed by atoms with Crippen molar-refractivity contribution in [3.8, 4) is 0 Å². The minimum absolute atomic E-state index is 0.0711. The van der Waals surface area contributed by atoms with E-state index in [4.69, 9.17) is 0 Å². The number of hydrogen-bond acceptors (Lipinski definition) is 4. The molecular formula is C17H24N4O3S. The Labute approximate surface area is 148 Å². The molecule has 0 unspecified atom stereocenters. The highest BCUT2D eigenvalue weighted by Gasteiger charge is 2.28. The van der Waals surface area contributed by atoms with Gasteiger partial charge in [-0.05, 0) is 24.6 Å². The molecule has 0 radical (unpaired) electrons. The molecule has 1 fully saturated rings. The molecule has 0 bridgehead atoms. The van der Waals surface area contributed by atoms with Crippen molar-refractivity contribution in [3.63, 3.8) is 0 Å². The van der Waals surface area contributed by atoms with Crippen LogP contribution in [0.25, 0.3) is 11.0 Å². The Morgan fingerprint density at radius 1 is 1.20 bits per heavy atom. The molecule has 1 saturated heterocycles. The molecule has 1 aromatic heterocycles. The monoisotopic (exact) mass is 364 g/mol. The summed E-state index contributed by atoms with van der Waals surface area (Å²) in [5, 5.41) is 0. The van der Waals surface area contributed by atoms with Gasteiger partial charge in [0.15, 0.2) is 0 Å². The first-order valence-electron chi connectivity index (χ1n) is 8.60. The van der Waals surface area contributed by atoms with Crippen LogP contribution in [0.2, 0.25) is 0 Å². The van der Waals surface area contributed by atoms with E-state index in [0.717, 1.165) is 17.5 Å². The van der Waals surface area contributed by atoms with Crippen LogP contribution in [0, 0.1) is 0 Å². The van der Waals surface area contributed by atoms with Gasteiger partial charge in [0.25, 0.3) is 5.91 Å². The number of rotatable bonds is 5. The molecule has 1 amide bonds. The van der Waals surface area contributed by atoms with Crippen molar-refractivity contribution < 1.29 is 13.2 Å². The van der Waals surface area contributed by atoms with Crippen molar-refractivity contribution in [1.29, 1.82) is 0 Å². The first-order chi connectivity index (χ1) is 11.9. The summed E-state index contributed by atoms with van der Waals surface area (Å²) in [7, 11) is -1.29. The minimum Gasteiger partial charge on any atom is -0.336 e. The lowest BCUT2D eigenvalue weighted by Gasteiger charge is -2.34. The summed E-state index contributed by atoms with van der Waals surface area (Å²) in [6.07, 6.45) is 3.25. The van der Waals surface area contributed by atoms with Gasteiger partial charge in [0.05, 0.1) is 23.1 Å². The quantitative estimate of drug-likeness (QED) is 0.805. The Morgan fingerprint density at radius 3 is 2.60 bits per heavy atom. The second-order valence-electron chi connectivity index (χ2n) is 6.42. The zero-order valence-corrected chi connectivity index (χ0v) is 15.5. The molecule has 7 nitrogen and oxygen atoms in total. The van der Waals surface area contributed by atoms with Gasteiger partial charge >= 0.3 is 0 Å². The Hall–Kier alpha value is -1.93. The van der Waals surface area contributed by atoms with Crippen molar-refractivity contribution >= 4 is 27.0 Å². The largest absolute Gasteiger partial charge is 0.336 e. The molecule has 0 aliphatic carbocycles. The highest BCUT2D eigenvalue weighted by molar-refractivity contribution is 7.89. The SMILES string of the molecule is CCCCS(=O)(=O)N1CCN(C(=O)c2ccc3c(c2)ncn3C)CC1. The number of aryl methyl sites for hydroxylation is 1. The van der Waals surface area contributed by atoms with E-state index in [9.17, 15) is 13.2 Å². The summed E-state index contributed by atoms with van der Waals surface area (Å²) >= 11 is 0. The Morgan fingerprint density at radius 2 is 1.92 bits per heavy atom. The number of piperazine rings is 1. The van der Waals surface area contributed by atoms with Crippen molar-refractivity contribution in [1.82, 2.24) is 18.8 Å². The van der Waals surface area contributed by atoms with Crippen LogP contribution in [0.15, 0.2) is 24.5 Å². The maximum absolute atomic E-state index is 12.7. The average Bonchev–Trinajstić information content (AvgIpc) is 3.00. The summed E-state index contributed by atoms with van der Waals surface area (Å²) in [6, 6.07) is 5.49. The van der Waals surface area contributed by atoms with Gasteiger partial charge in [0.1, 0.15) is 0 Å². The standard InChI is InChI=1S/C17H24N4O3S/c1-3-4-11-25(23,24)21-9-7-20(8-10-21)17(22)14-5-6-16-15(12-14)18-13-19(16)2/h5-6,12-13H,3-4,7-11H2,1-2H3. The van der Waals surface area contributed by atoms with Crippen LogP contribution < -0.4 is 0 Å². The number of hydrogen-bond donors (Lipinski definition) is 0. The summed E-state index contributed by atoms with van der Waals surface area (Å²) < 4.78 is 27.9. The van der Waals surface area contributed by atoms with Gasteiger partial charge in [-0.25, -0.2) is 13.4 Å². The molecule has 0 spiro atoms. The van der Waals surface area contributed by atoms with E-state index >= 15 is 0 Å². The van der Waals surface area contributed by atoms with E-state index in [1.807, 2.05) is 24.6 Å². The third-order valence-electron chi connectivity index (χ3n) is 4.65. The van der Waals surface area contributed by atoms with Crippen LogP contribution in [-0.2, 0) is 17.1 Å². The van der Waals surface area contributed by atoms with Crippen molar-refractivity contribution in [2.45, 2.75) is 19.8 Å². The van der Waals surface area contributed by atoms with Crippen molar-refractivity contribution in [2.75, 3.05) is 31.9 Å². The van der Waals surface area contributed by atoms with Gasteiger partial charge in [0, 0.05) is 38.8 Å². The van der Waals surface area contributed by atoms with Crippen LogP contribution in [0.3, 0.4) is 0 Å². The maximum atomic E-state index is 12.7. The van der Waals surface area contributed by atoms with Crippen LogP contribution in [-0.4, -0.2) is 65.0 Å². The Bertz CT molecular complexity index is 867. The van der Waals surface area contributed by atoms with E-state index in [1.165, 1.54) is 4.31 Å². The van der Waals surface area contributed by atoms with Crippen molar-refractivity contribution in [3.05, 3.63) is 30.1 Å². The van der Waals surface area contributed by atoms with E-state index in [2.05, 4.69) is 4.98 Å². The molecule has 25 heavy (non-hydrogen) atoms. The van der Waals surface area contributed by atoms with E-state index < -0.39 is 10.0 Å². The molecule has 136 valence electrons. The molecule has 0 saturated carbocycles. The molecule has 1 aliphatic rings. The second kappa shape index (κ2) is 7.13.